The highest BCUT2D eigenvalue weighted by molar-refractivity contribution is 6.02. The molecule has 0 aliphatic heterocycles. The fourth-order valence-corrected chi connectivity index (χ4v) is 2.73. The maximum absolute atomic E-state index is 11.9. The molecular formula is C16H20O3. The first kappa shape index (κ1) is 13.8. The Morgan fingerprint density at radius 3 is 2.47 bits per heavy atom. The van der Waals surface area contributed by atoms with E-state index in [1.165, 1.54) is 12.5 Å². The molecule has 1 aromatic carbocycles. The summed E-state index contributed by atoms with van der Waals surface area (Å²) in [6.07, 6.45) is 2.08. The smallest absolute Gasteiger partial charge is 0.143 e. The second-order valence-corrected chi connectivity index (χ2v) is 5.11. The molecule has 102 valence electrons. The van der Waals surface area contributed by atoms with Crippen molar-refractivity contribution in [1.82, 2.24) is 0 Å². The number of ether oxygens (including phenoxy) is 1. The van der Waals surface area contributed by atoms with Gasteiger partial charge in [0.15, 0.2) is 0 Å². The van der Waals surface area contributed by atoms with Gasteiger partial charge in [-0.1, -0.05) is 12.1 Å². The Morgan fingerprint density at radius 1 is 1.26 bits per heavy atom. The first-order valence-electron chi connectivity index (χ1n) is 6.87. The van der Waals surface area contributed by atoms with Gasteiger partial charge in [-0.05, 0) is 50.3 Å². The number of rotatable bonds is 4. The zero-order valence-corrected chi connectivity index (χ0v) is 11.5. The molecule has 0 spiro atoms. The van der Waals surface area contributed by atoms with Crippen LogP contribution >= 0.6 is 0 Å². The van der Waals surface area contributed by atoms with Crippen LogP contribution in [0.4, 0.5) is 0 Å². The third kappa shape index (κ3) is 3.22. The van der Waals surface area contributed by atoms with Gasteiger partial charge in [-0.25, -0.2) is 0 Å². The summed E-state index contributed by atoms with van der Waals surface area (Å²) in [7, 11) is 0. The molecule has 3 heteroatoms. The Balaban J connectivity index is 2.04. The maximum atomic E-state index is 11.9. The summed E-state index contributed by atoms with van der Waals surface area (Å²) in [5.41, 5.74) is 1.17. The number of benzene rings is 1. The van der Waals surface area contributed by atoms with Crippen LogP contribution in [0.25, 0.3) is 0 Å². The molecule has 1 fully saturated rings. The van der Waals surface area contributed by atoms with Crippen molar-refractivity contribution in [3.63, 3.8) is 0 Å². The first-order valence-corrected chi connectivity index (χ1v) is 6.87. The highest BCUT2D eigenvalue weighted by Crippen LogP contribution is 2.34. The summed E-state index contributed by atoms with van der Waals surface area (Å²) in [5.74, 6) is 0.848. The molecule has 19 heavy (non-hydrogen) atoms. The van der Waals surface area contributed by atoms with Crippen LogP contribution in [0.15, 0.2) is 24.3 Å². The average molecular weight is 260 g/mol. The largest absolute Gasteiger partial charge is 0.494 e. The van der Waals surface area contributed by atoms with E-state index in [1.54, 1.807) is 0 Å². The molecule has 2 rings (SSSR count). The van der Waals surface area contributed by atoms with E-state index in [2.05, 4.69) is 0 Å². The predicted molar refractivity (Wildman–Crippen MR) is 73.4 cm³/mol. The molecule has 2 atom stereocenters. The van der Waals surface area contributed by atoms with E-state index in [0.717, 1.165) is 12.2 Å². The number of ketones is 2. The van der Waals surface area contributed by atoms with Gasteiger partial charge in [0.25, 0.3) is 0 Å². The van der Waals surface area contributed by atoms with Crippen LogP contribution in [-0.4, -0.2) is 18.2 Å². The van der Waals surface area contributed by atoms with Crippen molar-refractivity contribution in [3.8, 4) is 5.75 Å². The monoisotopic (exact) mass is 260 g/mol. The van der Waals surface area contributed by atoms with Crippen LogP contribution in [-0.2, 0) is 9.59 Å². The zero-order chi connectivity index (χ0) is 13.8. The van der Waals surface area contributed by atoms with Crippen LogP contribution < -0.4 is 4.74 Å². The lowest BCUT2D eigenvalue weighted by Crippen LogP contribution is -2.28. The van der Waals surface area contributed by atoms with E-state index >= 15 is 0 Å². The van der Waals surface area contributed by atoms with Gasteiger partial charge in [0.2, 0.25) is 0 Å². The predicted octanol–water partition coefficient (Wildman–Crippen LogP) is 3.13. The number of hydrogen-bond acceptors (Lipinski definition) is 3. The zero-order valence-electron chi connectivity index (χ0n) is 11.5. The van der Waals surface area contributed by atoms with Crippen LogP contribution in [0.3, 0.4) is 0 Å². The highest BCUT2D eigenvalue weighted by atomic mass is 16.5. The third-order valence-electron chi connectivity index (χ3n) is 3.79. The van der Waals surface area contributed by atoms with Crippen molar-refractivity contribution in [2.75, 3.05) is 6.61 Å². The Labute approximate surface area is 114 Å². The second-order valence-electron chi connectivity index (χ2n) is 5.11. The summed E-state index contributed by atoms with van der Waals surface area (Å²) >= 11 is 0. The molecule has 0 heterocycles. The fourth-order valence-electron chi connectivity index (χ4n) is 2.73. The van der Waals surface area contributed by atoms with Crippen LogP contribution in [0.1, 0.15) is 44.6 Å². The topological polar surface area (TPSA) is 43.4 Å². The van der Waals surface area contributed by atoms with Gasteiger partial charge in [-0.15, -0.1) is 0 Å². The Hall–Kier alpha value is -1.64. The van der Waals surface area contributed by atoms with Gasteiger partial charge >= 0.3 is 0 Å². The molecule has 1 aliphatic rings. The normalized spacial score (nSPS) is 23.2. The van der Waals surface area contributed by atoms with Crippen LogP contribution in [0, 0.1) is 5.92 Å². The van der Waals surface area contributed by atoms with E-state index in [0.29, 0.717) is 19.4 Å². The summed E-state index contributed by atoms with van der Waals surface area (Å²) in [4.78, 5) is 23.3. The van der Waals surface area contributed by atoms with Gasteiger partial charge in [0.05, 0.1) is 12.5 Å². The summed E-state index contributed by atoms with van der Waals surface area (Å²) < 4.78 is 5.41. The van der Waals surface area contributed by atoms with E-state index in [1.807, 2.05) is 31.2 Å². The van der Waals surface area contributed by atoms with Gasteiger partial charge < -0.3 is 4.74 Å². The minimum absolute atomic E-state index is 0.00939. The summed E-state index contributed by atoms with van der Waals surface area (Å²) in [5, 5.41) is 0. The number of Topliss-reactive ketones (excluding diaryl/α,β-unsaturated/α-hetero) is 2. The minimum Gasteiger partial charge on any atom is -0.494 e. The molecule has 0 saturated heterocycles. The van der Waals surface area contributed by atoms with Crippen molar-refractivity contribution in [2.24, 2.45) is 5.92 Å². The van der Waals surface area contributed by atoms with E-state index in [-0.39, 0.29) is 23.4 Å². The molecule has 0 radical (unpaired) electrons. The van der Waals surface area contributed by atoms with Gasteiger partial charge in [0.1, 0.15) is 17.3 Å². The quantitative estimate of drug-likeness (QED) is 0.781. The van der Waals surface area contributed by atoms with Crippen LogP contribution in [0.2, 0.25) is 0 Å². The Morgan fingerprint density at radius 2 is 1.95 bits per heavy atom. The van der Waals surface area contributed by atoms with Crippen molar-refractivity contribution < 1.29 is 14.3 Å². The fraction of sp³-hybridized carbons (Fsp3) is 0.500. The molecular weight excluding hydrogens is 240 g/mol. The van der Waals surface area contributed by atoms with Crippen molar-refractivity contribution in [3.05, 3.63) is 29.8 Å². The molecule has 0 amide bonds. The molecule has 1 saturated carbocycles. The molecule has 0 aromatic heterocycles. The molecule has 3 nitrogen and oxygen atoms in total. The standard InChI is InChI=1S/C16H20O3/c1-3-19-14-7-4-12(5-8-14)13-6-9-15(11(2)17)16(18)10-13/h4-5,7-8,13,15H,3,6,9-10H2,1-2H3/t13-,15+/m1/s1. The van der Waals surface area contributed by atoms with Crippen LogP contribution in [0.5, 0.6) is 5.75 Å². The molecule has 0 N–H and O–H groups in total. The summed E-state index contributed by atoms with van der Waals surface area (Å²) in [6, 6.07) is 7.94. The van der Waals surface area contributed by atoms with Gasteiger partial charge in [0, 0.05) is 6.42 Å². The number of carbonyl (C=O) groups excluding carboxylic acids is 2. The highest BCUT2D eigenvalue weighted by Gasteiger charge is 2.31. The SMILES string of the molecule is CCOc1ccc([C@@H]2CC[C@@H](C(C)=O)C(=O)C2)cc1. The number of carbonyl (C=O) groups is 2. The van der Waals surface area contributed by atoms with Crippen molar-refractivity contribution >= 4 is 11.6 Å². The van der Waals surface area contributed by atoms with Crippen molar-refractivity contribution in [1.29, 1.82) is 0 Å². The van der Waals surface area contributed by atoms with Gasteiger partial charge in [-0.3, -0.25) is 9.59 Å². The molecule has 0 bridgehead atoms. The Bertz CT molecular complexity index is 461. The molecule has 1 aromatic rings. The van der Waals surface area contributed by atoms with Gasteiger partial charge in [-0.2, -0.15) is 0 Å². The van der Waals surface area contributed by atoms with Crippen molar-refractivity contribution in [2.45, 2.75) is 39.0 Å². The van der Waals surface area contributed by atoms with E-state index < -0.39 is 0 Å². The Kier molecular flexibility index (Phi) is 4.35. The third-order valence-corrected chi connectivity index (χ3v) is 3.79. The lowest BCUT2D eigenvalue weighted by molar-refractivity contribution is -0.133. The average Bonchev–Trinajstić information content (AvgIpc) is 2.39. The first-order chi connectivity index (χ1) is 9.11. The van der Waals surface area contributed by atoms with E-state index in [4.69, 9.17) is 4.74 Å². The maximum Gasteiger partial charge on any atom is 0.143 e. The second kappa shape index (κ2) is 6.00. The molecule has 1 aliphatic carbocycles. The summed E-state index contributed by atoms with van der Waals surface area (Å²) in [6.45, 7) is 4.12. The van der Waals surface area contributed by atoms with E-state index in [9.17, 15) is 9.59 Å². The molecule has 0 unspecified atom stereocenters. The lowest BCUT2D eigenvalue weighted by Gasteiger charge is -2.26. The minimum atomic E-state index is -0.362. The number of hydrogen-bond donors (Lipinski definition) is 0. The lowest BCUT2D eigenvalue weighted by atomic mass is 9.76.